The normalized spacial score (nSPS) is 27.4. The van der Waals surface area contributed by atoms with Crippen molar-refractivity contribution in [3.63, 3.8) is 0 Å². The minimum absolute atomic E-state index is 0.496. The topological polar surface area (TPSA) is 17.1 Å². The highest BCUT2D eigenvalue weighted by molar-refractivity contribution is 5.82. The Labute approximate surface area is 112 Å². The Kier molecular flexibility index (Phi) is 3.70. The molecule has 11 heteroatoms. The number of carbonyl (C=O) groups excluding carboxylic acids is 1. The Balaban J connectivity index is 3.20. The molecule has 1 saturated heterocycles. The van der Waals surface area contributed by atoms with Gasteiger partial charge in [0.15, 0.2) is 0 Å². The number of carbonyl (C=O) groups is 1. The lowest BCUT2D eigenvalue weighted by Crippen LogP contribution is -2.63. The number of rotatable bonds is 4. The molecular weight excluding hydrogens is 321 g/mol. The summed E-state index contributed by atoms with van der Waals surface area (Å²) in [4.78, 5) is 11.2. The molecule has 0 saturated carbocycles. The summed E-state index contributed by atoms with van der Waals surface area (Å²) in [5.74, 6) is -20.6. The molecule has 0 aromatic heterocycles. The van der Waals surface area contributed by atoms with Crippen LogP contribution in [0.2, 0.25) is 0 Å². The zero-order chi connectivity index (χ0) is 17.1. The molecule has 122 valence electrons. The van der Waals surface area contributed by atoms with Gasteiger partial charge in [-0.25, -0.2) is 9.28 Å². The van der Waals surface area contributed by atoms with Crippen molar-refractivity contribution in [2.24, 2.45) is 0 Å². The Bertz CT molecular complexity index is 470. The molecule has 0 spiro atoms. The summed E-state index contributed by atoms with van der Waals surface area (Å²) < 4.78 is 113. The summed E-state index contributed by atoms with van der Waals surface area (Å²) in [6, 6.07) is -2.69. The fourth-order valence-corrected chi connectivity index (χ4v) is 1.83. The average Bonchev–Trinajstić information content (AvgIpc) is 3.00. The lowest BCUT2D eigenvalue weighted by Gasteiger charge is -2.33. The van der Waals surface area contributed by atoms with Crippen molar-refractivity contribution in [3.05, 3.63) is 12.7 Å². The molecule has 2 nitrogen and oxygen atoms in total. The predicted octanol–water partition coefficient (Wildman–Crippen LogP) is 3.00. The van der Waals surface area contributed by atoms with E-state index in [0.29, 0.717) is 13.1 Å². The molecule has 0 aromatic carbocycles. The maximum atomic E-state index is 13.5. The first-order valence-electron chi connectivity index (χ1n) is 5.29. The van der Waals surface area contributed by atoms with Crippen molar-refractivity contribution < 1.29 is 48.8 Å². The molecule has 0 radical (unpaired) electrons. The van der Waals surface area contributed by atoms with Crippen LogP contribution < -0.4 is 0 Å². The SMILES string of the molecule is C=CC(=O)[N+]1(C)CC1C(F)(F)C(F)(F)C(F)(F)C(F)(F)F. The minimum Gasteiger partial charge on any atom is -0.242 e. The first-order chi connectivity index (χ1) is 9.07. The molecular formula is C10H9F9NO+. The van der Waals surface area contributed by atoms with Crippen LogP contribution in [0, 0.1) is 0 Å². The zero-order valence-corrected chi connectivity index (χ0v) is 10.3. The Hall–Kier alpha value is -1.26. The molecule has 1 rings (SSSR count). The van der Waals surface area contributed by atoms with Crippen molar-refractivity contribution in [1.82, 2.24) is 0 Å². The van der Waals surface area contributed by atoms with Crippen LogP contribution in [0.15, 0.2) is 12.7 Å². The second-order valence-corrected chi connectivity index (χ2v) is 4.78. The molecule has 1 aliphatic rings. The van der Waals surface area contributed by atoms with Crippen LogP contribution in [0.4, 0.5) is 39.5 Å². The second kappa shape index (κ2) is 4.37. The summed E-state index contributed by atoms with van der Waals surface area (Å²) in [6.07, 6.45) is -6.36. The number of halogens is 9. The monoisotopic (exact) mass is 330 g/mol. The highest BCUT2D eigenvalue weighted by atomic mass is 19.4. The Morgan fingerprint density at radius 3 is 1.81 bits per heavy atom. The van der Waals surface area contributed by atoms with E-state index in [1.165, 1.54) is 0 Å². The van der Waals surface area contributed by atoms with E-state index < -0.39 is 46.9 Å². The maximum Gasteiger partial charge on any atom is 0.460 e. The number of hydrogen-bond acceptors (Lipinski definition) is 1. The molecule has 1 fully saturated rings. The summed E-state index contributed by atoms with van der Waals surface area (Å²) in [6.45, 7) is 1.91. The van der Waals surface area contributed by atoms with Gasteiger partial charge >= 0.3 is 29.9 Å². The van der Waals surface area contributed by atoms with Crippen LogP contribution in [0.25, 0.3) is 0 Å². The Morgan fingerprint density at radius 2 is 1.48 bits per heavy atom. The van der Waals surface area contributed by atoms with Crippen LogP contribution in [0.3, 0.4) is 0 Å². The van der Waals surface area contributed by atoms with E-state index in [1.807, 2.05) is 0 Å². The molecule has 21 heavy (non-hydrogen) atoms. The van der Waals surface area contributed by atoms with Gasteiger partial charge in [0.25, 0.3) is 0 Å². The van der Waals surface area contributed by atoms with E-state index in [9.17, 15) is 44.3 Å². The quantitative estimate of drug-likeness (QED) is 0.335. The molecule has 0 aliphatic carbocycles. The zero-order valence-electron chi connectivity index (χ0n) is 10.3. The number of alkyl halides is 9. The minimum atomic E-state index is -6.94. The van der Waals surface area contributed by atoms with Gasteiger partial charge in [-0.2, -0.15) is 39.5 Å². The predicted molar refractivity (Wildman–Crippen MR) is 50.9 cm³/mol. The highest BCUT2D eigenvalue weighted by Gasteiger charge is 2.88. The molecule has 1 heterocycles. The number of likely N-dealkylation sites (N-methyl/N-ethyl adjacent to an activating group) is 1. The first-order valence-corrected chi connectivity index (χ1v) is 5.29. The van der Waals surface area contributed by atoms with Gasteiger partial charge in [0.2, 0.25) is 6.04 Å². The molecule has 1 aliphatic heterocycles. The third-order valence-corrected chi connectivity index (χ3v) is 3.37. The maximum absolute atomic E-state index is 13.5. The van der Waals surface area contributed by atoms with Crippen molar-refractivity contribution in [2.45, 2.75) is 30.0 Å². The standard InChI is InChI=1S/C10H9F9NO/c1-3-6(21)20(2)4-5(20)7(11,12)8(13,14)9(15,16)10(17,18)19/h3,5H,1,4H2,2H3/q+1. The summed E-state index contributed by atoms with van der Waals surface area (Å²) in [5, 5.41) is 0. The third-order valence-electron chi connectivity index (χ3n) is 3.37. The highest BCUT2D eigenvalue weighted by Crippen LogP contribution is 2.57. The van der Waals surface area contributed by atoms with E-state index in [2.05, 4.69) is 6.58 Å². The van der Waals surface area contributed by atoms with Gasteiger partial charge in [0, 0.05) is 6.08 Å². The lowest BCUT2D eigenvalue weighted by molar-refractivity contribution is -0.718. The van der Waals surface area contributed by atoms with Crippen LogP contribution in [-0.4, -0.2) is 54.0 Å². The third kappa shape index (κ3) is 2.21. The van der Waals surface area contributed by atoms with Crippen LogP contribution in [0.1, 0.15) is 0 Å². The van der Waals surface area contributed by atoms with Gasteiger partial charge in [-0.3, -0.25) is 0 Å². The first kappa shape index (κ1) is 17.8. The van der Waals surface area contributed by atoms with Crippen LogP contribution in [-0.2, 0) is 4.79 Å². The fraction of sp³-hybridized carbons (Fsp3) is 0.700. The van der Waals surface area contributed by atoms with E-state index in [-0.39, 0.29) is 0 Å². The summed E-state index contributed by atoms with van der Waals surface area (Å²) in [7, 11) is 0.713. The average molecular weight is 330 g/mol. The van der Waals surface area contributed by atoms with Gasteiger partial charge in [-0.05, 0) is 0 Å². The number of amides is 1. The van der Waals surface area contributed by atoms with E-state index in [0.717, 1.165) is 0 Å². The van der Waals surface area contributed by atoms with E-state index in [1.54, 1.807) is 0 Å². The van der Waals surface area contributed by atoms with Gasteiger partial charge in [-0.1, -0.05) is 6.58 Å². The molecule has 0 N–H and O–H groups in total. The van der Waals surface area contributed by atoms with E-state index in [4.69, 9.17) is 0 Å². The van der Waals surface area contributed by atoms with Crippen molar-refractivity contribution in [2.75, 3.05) is 13.6 Å². The van der Waals surface area contributed by atoms with Crippen molar-refractivity contribution in [1.29, 1.82) is 0 Å². The van der Waals surface area contributed by atoms with Crippen LogP contribution >= 0.6 is 0 Å². The van der Waals surface area contributed by atoms with Crippen molar-refractivity contribution >= 4 is 5.91 Å². The molecule has 1 amide bonds. The van der Waals surface area contributed by atoms with Gasteiger partial charge in [0.1, 0.15) is 6.54 Å². The lowest BCUT2D eigenvalue weighted by atomic mass is 10.0. The number of quaternary nitrogens is 1. The van der Waals surface area contributed by atoms with Gasteiger partial charge < -0.3 is 0 Å². The number of hydrogen-bond donors (Lipinski definition) is 0. The Morgan fingerprint density at radius 1 is 1.05 bits per heavy atom. The molecule has 0 aromatic rings. The summed E-state index contributed by atoms with van der Waals surface area (Å²) >= 11 is 0. The smallest absolute Gasteiger partial charge is 0.242 e. The molecule has 0 bridgehead atoms. The van der Waals surface area contributed by atoms with Gasteiger partial charge in [-0.15, -0.1) is 0 Å². The van der Waals surface area contributed by atoms with E-state index >= 15 is 0 Å². The van der Waals surface area contributed by atoms with Crippen molar-refractivity contribution in [3.8, 4) is 0 Å². The summed E-state index contributed by atoms with van der Waals surface area (Å²) in [5.41, 5.74) is 0. The van der Waals surface area contributed by atoms with Crippen LogP contribution in [0.5, 0.6) is 0 Å². The second-order valence-electron chi connectivity index (χ2n) is 4.78. The molecule has 2 atom stereocenters. The van der Waals surface area contributed by atoms with Gasteiger partial charge in [0.05, 0.1) is 7.05 Å². The molecule has 2 unspecified atom stereocenters. The largest absolute Gasteiger partial charge is 0.460 e. The number of nitrogens with zero attached hydrogens (tertiary/aromatic N) is 1. The fourth-order valence-electron chi connectivity index (χ4n) is 1.83.